The third-order valence-corrected chi connectivity index (χ3v) is 15.1. The van der Waals surface area contributed by atoms with Crippen LogP contribution in [0.5, 0.6) is 11.5 Å². The Morgan fingerprint density at radius 1 is 0.493 bits per heavy atom. The Balaban J connectivity index is 0.000000162. The largest absolute Gasteiger partial charge is 0.494 e. The van der Waals surface area contributed by atoms with Gasteiger partial charge in [-0.25, -0.2) is 27.8 Å². The number of hydrogen-bond acceptors (Lipinski definition) is 14. The van der Waals surface area contributed by atoms with Gasteiger partial charge in [0.25, 0.3) is 0 Å². The second kappa shape index (κ2) is 20.8. The van der Waals surface area contributed by atoms with Crippen molar-refractivity contribution < 1.29 is 18.3 Å². The van der Waals surface area contributed by atoms with E-state index in [1.165, 1.54) is 78.2 Å². The molecule has 0 saturated carbocycles. The van der Waals surface area contributed by atoms with Crippen molar-refractivity contribution >= 4 is 56.9 Å². The zero-order valence-electron chi connectivity index (χ0n) is 40.8. The Hall–Kier alpha value is -6.31. The van der Waals surface area contributed by atoms with Crippen molar-refractivity contribution in [3.63, 3.8) is 0 Å². The first kappa shape index (κ1) is 48.3. The number of piperazine rings is 2. The molecular formula is C52H61ClF2N14O2. The van der Waals surface area contributed by atoms with Gasteiger partial charge in [-0.05, 0) is 75.2 Å². The van der Waals surface area contributed by atoms with Crippen molar-refractivity contribution in [2.75, 3.05) is 117 Å². The molecule has 16 nitrogen and oxygen atoms in total. The molecule has 0 atom stereocenters. The maximum atomic E-state index is 14.2. The molecule has 0 spiro atoms. The van der Waals surface area contributed by atoms with E-state index in [1.807, 2.05) is 46.0 Å². The minimum absolute atomic E-state index is 0. The van der Waals surface area contributed by atoms with E-state index in [1.54, 1.807) is 24.5 Å². The van der Waals surface area contributed by atoms with E-state index >= 15 is 0 Å². The molecule has 10 heterocycles. The summed E-state index contributed by atoms with van der Waals surface area (Å²) in [4.78, 5) is 33.2. The Labute approximate surface area is 418 Å². The number of pyridine rings is 2. The van der Waals surface area contributed by atoms with Gasteiger partial charge in [-0.1, -0.05) is 0 Å². The van der Waals surface area contributed by atoms with Gasteiger partial charge in [-0.2, -0.15) is 10.2 Å². The van der Waals surface area contributed by atoms with E-state index in [0.29, 0.717) is 23.1 Å². The molecule has 2 aromatic carbocycles. The molecule has 0 unspecified atom stereocenters. The van der Waals surface area contributed by atoms with Crippen LogP contribution in [0.4, 0.5) is 20.2 Å². The van der Waals surface area contributed by atoms with Crippen molar-refractivity contribution in [2.24, 2.45) is 0 Å². The molecule has 0 bridgehead atoms. The highest BCUT2D eigenvalue weighted by Gasteiger charge is 2.29. The van der Waals surface area contributed by atoms with Crippen LogP contribution in [0.15, 0.2) is 86.0 Å². The van der Waals surface area contributed by atoms with Gasteiger partial charge in [0.2, 0.25) is 0 Å². The third-order valence-electron chi connectivity index (χ3n) is 15.1. The molecule has 4 aliphatic rings. The van der Waals surface area contributed by atoms with Crippen LogP contribution < -0.4 is 19.3 Å². The van der Waals surface area contributed by atoms with Crippen molar-refractivity contribution in [3.8, 4) is 33.8 Å². The number of methoxy groups -OCH3 is 2. The molecule has 0 aliphatic carbocycles. The minimum atomic E-state index is -0.427. The number of ether oxygens (including phenoxy) is 2. The highest BCUT2D eigenvalue weighted by molar-refractivity contribution is 5.99. The van der Waals surface area contributed by atoms with Crippen LogP contribution >= 0.6 is 12.4 Å². The zero-order chi connectivity index (χ0) is 47.9. The molecule has 12 rings (SSSR count). The van der Waals surface area contributed by atoms with E-state index in [-0.39, 0.29) is 23.9 Å². The third kappa shape index (κ3) is 9.75. The number of anilines is 2. The molecular weight excluding hydrogens is 926 g/mol. The van der Waals surface area contributed by atoms with E-state index < -0.39 is 11.6 Å². The fourth-order valence-electron chi connectivity index (χ4n) is 10.9. The second-order valence-electron chi connectivity index (χ2n) is 19.1. The molecule has 4 fully saturated rings. The molecule has 0 amide bonds. The highest BCUT2D eigenvalue weighted by atomic mass is 35.5. The summed E-state index contributed by atoms with van der Waals surface area (Å²) in [5.41, 5.74) is 8.40. The summed E-state index contributed by atoms with van der Waals surface area (Å²) in [6.45, 7) is 13.5. The summed E-state index contributed by atoms with van der Waals surface area (Å²) >= 11 is 0. The number of aromatic nitrogens is 8. The van der Waals surface area contributed by atoms with Crippen molar-refractivity contribution in [1.29, 1.82) is 0 Å². The molecule has 4 saturated heterocycles. The van der Waals surface area contributed by atoms with Crippen LogP contribution in [-0.2, 0) is 0 Å². The number of halogens is 3. The Kier molecular flexibility index (Phi) is 14.2. The monoisotopic (exact) mass is 986 g/mol. The molecule has 19 heteroatoms. The van der Waals surface area contributed by atoms with Gasteiger partial charge in [0.05, 0.1) is 73.8 Å². The topological polar surface area (TPSA) is 124 Å². The van der Waals surface area contributed by atoms with Crippen LogP contribution in [-0.4, -0.2) is 178 Å². The molecule has 6 aromatic heterocycles. The number of benzene rings is 2. The van der Waals surface area contributed by atoms with Crippen molar-refractivity contribution in [2.45, 2.75) is 37.8 Å². The van der Waals surface area contributed by atoms with Gasteiger partial charge in [-0.3, -0.25) is 19.8 Å². The molecule has 71 heavy (non-hydrogen) atoms. The van der Waals surface area contributed by atoms with Crippen LogP contribution in [0.1, 0.15) is 25.7 Å². The van der Waals surface area contributed by atoms with E-state index in [4.69, 9.17) is 19.4 Å². The fourth-order valence-corrected chi connectivity index (χ4v) is 10.9. The van der Waals surface area contributed by atoms with Gasteiger partial charge in [0, 0.05) is 137 Å². The van der Waals surface area contributed by atoms with Gasteiger partial charge >= 0.3 is 0 Å². The second-order valence-corrected chi connectivity index (χ2v) is 19.1. The first-order valence-electron chi connectivity index (χ1n) is 24.5. The Bertz CT molecular complexity index is 2930. The summed E-state index contributed by atoms with van der Waals surface area (Å²) in [5.74, 6) is -0.468. The molecule has 372 valence electrons. The number of piperidine rings is 2. The Morgan fingerprint density at radius 2 is 0.887 bits per heavy atom. The number of rotatable bonds is 8. The summed E-state index contributed by atoms with van der Waals surface area (Å²) in [6, 6.07) is 11.4. The maximum absolute atomic E-state index is 14.2. The van der Waals surface area contributed by atoms with Gasteiger partial charge in [-0.15, -0.1) is 12.4 Å². The smallest absolute Gasteiger partial charge is 0.167 e. The molecule has 4 aliphatic heterocycles. The van der Waals surface area contributed by atoms with Gasteiger partial charge < -0.3 is 29.1 Å². The lowest BCUT2D eigenvalue weighted by Crippen LogP contribution is -2.52. The zero-order valence-corrected chi connectivity index (χ0v) is 41.6. The maximum Gasteiger partial charge on any atom is 0.167 e. The van der Waals surface area contributed by atoms with Crippen LogP contribution in [0.2, 0.25) is 0 Å². The van der Waals surface area contributed by atoms with E-state index in [2.05, 4.69) is 76.1 Å². The molecule has 0 N–H and O–H groups in total. The first-order valence-corrected chi connectivity index (χ1v) is 24.5. The lowest BCUT2D eigenvalue weighted by Gasteiger charge is -2.42. The number of likely N-dealkylation sites (N-methyl/N-ethyl adjacent to an activating group) is 2. The minimum Gasteiger partial charge on any atom is -0.494 e. The van der Waals surface area contributed by atoms with E-state index in [0.717, 1.165) is 108 Å². The SMILES string of the molecule is COc1cc2c(-c3cnn4cc(N5CCC(N6CCN(C)CC6)CC5)cnc34)ccnc2cc1F.COc1cc2c(-c3cnn4cc(N5CCC(N6CCN(C)CC6)CC5)cnc34)ccnc2cc1F.Cl. The predicted octanol–water partition coefficient (Wildman–Crippen LogP) is 7.04. The Morgan fingerprint density at radius 3 is 1.27 bits per heavy atom. The fraction of sp³-hybridized carbons (Fsp3) is 0.423. The summed E-state index contributed by atoms with van der Waals surface area (Å²) in [6.07, 6.45) is 19.7. The average molecular weight is 988 g/mol. The molecule has 8 aromatic rings. The normalized spacial score (nSPS) is 18.3. The van der Waals surface area contributed by atoms with Crippen LogP contribution in [0.3, 0.4) is 0 Å². The van der Waals surface area contributed by atoms with Gasteiger partial charge in [0.1, 0.15) is 0 Å². The predicted molar refractivity (Wildman–Crippen MR) is 276 cm³/mol. The van der Waals surface area contributed by atoms with Crippen LogP contribution in [0, 0.1) is 11.6 Å². The van der Waals surface area contributed by atoms with Crippen LogP contribution in [0.25, 0.3) is 55.4 Å². The standard InChI is InChI=1S/2C26H30FN7O.ClH/c2*1-31-9-11-33(12-10-31)18-4-7-32(8-5-18)19-15-29-26-22(16-30-34(26)17-19)20-3-6-28-24-14-23(27)25(35-2)13-21(20)24;/h2*3,6,13-18H,4-5,7-12H2,1-2H3;1H. The quantitative estimate of drug-likeness (QED) is 0.155. The average Bonchev–Trinajstić information content (AvgIpc) is 4.03. The number of nitrogens with zero attached hydrogens (tertiary/aromatic N) is 14. The highest BCUT2D eigenvalue weighted by Crippen LogP contribution is 2.36. The van der Waals surface area contributed by atoms with E-state index in [9.17, 15) is 8.78 Å². The summed E-state index contributed by atoms with van der Waals surface area (Å²) in [5, 5.41) is 10.8. The van der Waals surface area contributed by atoms with Crippen molar-refractivity contribution in [1.82, 2.24) is 58.8 Å². The lowest BCUT2D eigenvalue weighted by molar-refractivity contribution is 0.0982. The van der Waals surface area contributed by atoms with Gasteiger partial charge in [0.15, 0.2) is 34.4 Å². The number of hydrogen-bond donors (Lipinski definition) is 0. The summed E-state index contributed by atoms with van der Waals surface area (Å²) in [7, 11) is 7.34. The van der Waals surface area contributed by atoms with Crippen molar-refractivity contribution in [3.05, 3.63) is 97.6 Å². The summed E-state index contributed by atoms with van der Waals surface area (Å²) < 4.78 is 42.5. The molecule has 0 radical (unpaired) electrons. The number of fused-ring (bicyclic) bond motifs is 4. The first-order chi connectivity index (χ1) is 34.2. The lowest BCUT2D eigenvalue weighted by atomic mass is 10.0.